The van der Waals surface area contributed by atoms with Gasteiger partial charge < -0.3 is 5.73 Å². The summed E-state index contributed by atoms with van der Waals surface area (Å²) < 4.78 is 27.6. The van der Waals surface area contributed by atoms with E-state index in [-0.39, 0.29) is 4.90 Å². The van der Waals surface area contributed by atoms with Gasteiger partial charge in [-0.2, -0.15) is 4.31 Å². The van der Waals surface area contributed by atoms with Crippen molar-refractivity contribution in [2.75, 3.05) is 19.6 Å². The van der Waals surface area contributed by atoms with Crippen LogP contribution in [-0.4, -0.2) is 32.4 Å². The number of benzene rings is 2. The molecule has 118 valence electrons. The zero-order valence-electron chi connectivity index (χ0n) is 12.2. The number of hydrogen-bond donors (Lipinski definition) is 1. The van der Waals surface area contributed by atoms with E-state index in [0.717, 1.165) is 5.56 Å². The highest BCUT2D eigenvalue weighted by atomic mass is 79.9. The van der Waals surface area contributed by atoms with Crippen LogP contribution in [0.1, 0.15) is 5.56 Å². The van der Waals surface area contributed by atoms with Gasteiger partial charge in [-0.05, 0) is 40.0 Å². The van der Waals surface area contributed by atoms with Gasteiger partial charge >= 0.3 is 0 Å². The molecule has 2 rings (SSSR count). The molecule has 0 heterocycles. The van der Waals surface area contributed by atoms with Crippen LogP contribution in [0.25, 0.3) is 0 Å². The minimum absolute atomic E-state index is 0.275. The van der Waals surface area contributed by atoms with Gasteiger partial charge in [-0.15, -0.1) is 0 Å². The second-order valence-electron chi connectivity index (χ2n) is 4.86. The van der Waals surface area contributed by atoms with Crippen LogP contribution >= 0.6 is 15.9 Å². The molecule has 0 radical (unpaired) electrons. The number of halogens is 1. The number of nitrogens with zero attached hydrogens (tertiary/aromatic N) is 1. The quantitative estimate of drug-likeness (QED) is 0.800. The Balaban J connectivity index is 2.21. The third-order valence-electron chi connectivity index (χ3n) is 3.33. The van der Waals surface area contributed by atoms with E-state index < -0.39 is 10.0 Å². The first-order chi connectivity index (χ1) is 10.6. The normalized spacial score (nSPS) is 11.8. The molecule has 0 bridgehead atoms. The van der Waals surface area contributed by atoms with Crippen molar-refractivity contribution in [3.05, 3.63) is 64.6 Å². The molecule has 4 nitrogen and oxygen atoms in total. The van der Waals surface area contributed by atoms with E-state index >= 15 is 0 Å². The van der Waals surface area contributed by atoms with Crippen LogP contribution in [0.15, 0.2) is 64.0 Å². The Morgan fingerprint density at radius 2 is 1.59 bits per heavy atom. The minimum atomic E-state index is -3.56. The van der Waals surface area contributed by atoms with Crippen molar-refractivity contribution in [3.8, 4) is 0 Å². The maximum absolute atomic E-state index is 12.8. The average Bonchev–Trinajstić information content (AvgIpc) is 2.52. The fourth-order valence-electron chi connectivity index (χ4n) is 2.19. The number of nitrogens with two attached hydrogens (primary N) is 1. The number of sulfonamides is 1. The van der Waals surface area contributed by atoms with Gasteiger partial charge in [0.25, 0.3) is 0 Å². The summed E-state index contributed by atoms with van der Waals surface area (Å²) in [5, 5.41) is 0. The van der Waals surface area contributed by atoms with Crippen LogP contribution in [-0.2, 0) is 16.4 Å². The first-order valence-electron chi connectivity index (χ1n) is 7.04. The van der Waals surface area contributed by atoms with Gasteiger partial charge in [0.15, 0.2) is 0 Å². The van der Waals surface area contributed by atoms with Gasteiger partial charge in [-0.3, -0.25) is 0 Å². The van der Waals surface area contributed by atoms with E-state index in [1.165, 1.54) is 4.31 Å². The zero-order chi connectivity index (χ0) is 16.0. The van der Waals surface area contributed by atoms with Gasteiger partial charge in [0.1, 0.15) is 0 Å². The monoisotopic (exact) mass is 382 g/mol. The molecule has 0 amide bonds. The van der Waals surface area contributed by atoms with Crippen molar-refractivity contribution in [3.63, 3.8) is 0 Å². The molecule has 0 aromatic heterocycles. The smallest absolute Gasteiger partial charge is 0.244 e. The molecule has 22 heavy (non-hydrogen) atoms. The van der Waals surface area contributed by atoms with Crippen LogP contribution in [0.5, 0.6) is 0 Å². The first-order valence-corrected chi connectivity index (χ1v) is 9.27. The van der Waals surface area contributed by atoms with Crippen molar-refractivity contribution in [2.45, 2.75) is 11.3 Å². The van der Waals surface area contributed by atoms with E-state index in [1.807, 2.05) is 30.3 Å². The van der Waals surface area contributed by atoms with E-state index in [9.17, 15) is 8.42 Å². The third kappa shape index (κ3) is 4.16. The molecule has 0 saturated carbocycles. The number of rotatable bonds is 7. The highest BCUT2D eigenvalue weighted by Gasteiger charge is 2.25. The lowest BCUT2D eigenvalue weighted by molar-refractivity contribution is 0.421. The summed E-state index contributed by atoms with van der Waals surface area (Å²) in [4.78, 5) is 0.275. The second kappa shape index (κ2) is 7.87. The molecule has 0 unspecified atom stereocenters. The Kier molecular flexibility index (Phi) is 6.14. The van der Waals surface area contributed by atoms with Gasteiger partial charge in [0, 0.05) is 24.1 Å². The Hall–Kier alpha value is -1.21. The van der Waals surface area contributed by atoms with Crippen LogP contribution in [0.2, 0.25) is 0 Å². The predicted molar refractivity (Wildman–Crippen MR) is 92.1 cm³/mol. The maximum atomic E-state index is 12.8. The van der Waals surface area contributed by atoms with Gasteiger partial charge in [0.2, 0.25) is 10.0 Å². The highest BCUT2D eigenvalue weighted by molar-refractivity contribution is 9.10. The lowest BCUT2D eigenvalue weighted by Crippen LogP contribution is -2.37. The molecule has 0 aliphatic carbocycles. The largest absolute Gasteiger partial charge is 0.329 e. The van der Waals surface area contributed by atoms with Crippen LogP contribution < -0.4 is 5.73 Å². The maximum Gasteiger partial charge on any atom is 0.244 e. The van der Waals surface area contributed by atoms with Crippen LogP contribution in [0, 0.1) is 0 Å². The molecule has 6 heteroatoms. The highest BCUT2D eigenvalue weighted by Crippen LogP contribution is 2.24. The van der Waals surface area contributed by atoms with Crippen molar-refractivity contribution >= 4 is 26.0 Å². The summed E-state index contributed by atoms with van der Waals surface area (Å²) in [6, 6.07) is 16.7. The molecule has 2 aromatic carbocycles. The molecular formula is C16H19BrN2O2S. The average molecular weight is 383 g/mol. The lowest BCUT2D eigenvalue weighted by atomic mass is 10.1. The molecule has 0 aliphatic heterocycles. The molecule has 2 aromatic rings. The van der Waals surface area contributed by atoms with Crippen LogP contribution in [0.4, 0.5) is 0 Å². The predicted octanol–water partition coefficient (Wildman–Crippen LogP) is 2.64. The first kappa shape index (κ1) is 17.1. The lowest BCUT2D eigenvalue weighted by Gasteiger charge is -2.22. The molecular weight excluding hydrogens is 364 g/mol. The summed E-state index contributed by atoms with van der Waals surface area (Å²) in [5.41, 5.74) is 6.70. The Morgan fingerprint density at radius 1 is 0.955 bits per heavy atom. The van der Waals surface area contributed by atoms with Gasteiger partial charge in [-0.25, -0.2) is 8.42 Å². The van der Waals surface area contributed by atoms with E-state index in [4.69, 9.17) is 5.73 Å². The minimum Gasteiger partial charge on any atom is -0.329 e. The summed E-state index contributed by atoms with van der Waals surface area (Å²) >= 11 is 3.31. The van der Waals surface area contributed by atoms with Crippen molar-refractivity contribution < 1.29 is 8.42 Å². The Morgan fingerprint density at radius 3 is 2.23 bits per heavy atom. The van der Waals surface area contributed by atoms with Gasteiger partial charge in [-0.1, -0.05) is 42.5 Å². The second-order valence-corrected chi connectivity index (χ2v) is 7.62. The van der Waals surface area contributed by atoms with Crippen molar-refractivity contribution in [1.82, 2.24) is 4.31 Å². The SMILES string of the molecule is NCCN(CCc1ccccc1)S(=O)(=O)c1ccccc1Br. The molecule has 2 N–H and O–H groups in total. The molecule has 0 aliphatic rings. The topological polar surface area (TPSA) is 63.4 Å². The summed E-state index contributed by atoms with van der Waals surface area (Å²) in [6.45, 7) is 1.000. The van der Waals surface area contributed by atoms with E-state index in [2.05, 4.69) is 15.9 Å². The van der Waals surface area contributed by atoms with Crippen molar-refractivity contribution in [1.29, 1.82) is 0 Å². The standard InChI is InChI=1S/C16H19BrN2O2S/c17-15-8-4-5-9-16(15)22(20,21)19(13-11-18)12-10-14-6-2-1-3-7-14/h1-9H,10-13,18H2. The van der Waals surface area contributed by atoms with E-state index in [1.54, 1.807) is 24.3 Å². The summed E-state index contributed by atoms with van der Waals surface area (Å²) in [7, 11) is -3.56. The molecule has 0 saturated heterocycles. The summed E-state index contributed by atoms with van der Waals surface area (Å²) in [6.07, 6.45) is 0.657. The van der Waals surface area contributed by atoms with Gasteiger partial charge in [0.05, 0.1) is 4.90 Å². The third-order valence-corrected chi connectivity index (χ3v) is 6.24. The van der Waals surface area contributed by atoms with Crippen molar-refractivity contribution in [2.24, 2.45) is 5.73 Å². The summed E-state index contributed by atoms with van der Waals surface area (Å²) in [5.74, 6) is 0. The van der Waals surface area contributed by atoms with E-state index in [0.29, 0.717) is 30.5 Å². The Labute approximate surface area is 140 Å². The molecule has 0 spiro atoms. The Bertz CT molecular complexity index is 705. The molecule has 0 atom stereocenters. The number of hydrogen-bond acceptors (Lipinski definition) is 3. The molecule has 0 fully saturated rings. The van der Waals surface area contributed by atoms with Crippen LogP contribution in [0.3, 0.4) is 0 Å². The zero-order valence-corrected chi connectivity index (χ0v) is 14.6. The fourth-order valence-corrected chi connectivity index (χ4v) is 4.61. The fraction of sp³-hybridized carbons (Fsp3) is 0.250.